The molecule has 0 aromatic heterocycles. The van der Waals surface area contributed by atoms with Crippen molar-refractivity contribution < 1.29 is 14.7 Å². The van der Waals surface area contributed by atoms with Crippen LogP contribution in [0.2, 0.25) is 0 Å². The zero-order valence-corrected chi connectivity index (χ0v) is 10.2. The smallest absolute Gasteiger partial charge is 0.320 e. The van der Waals surface area contributed by atoms with Crippen LogP contribution in [-0.2, 0) is 0 Å². The van der Waals surface area contributed by atoms with Crippen molar-refractivity contribution in [3.63, 3.8) is 0 Å². The number of rotatable bonds is 4. The van der Waals surface area contributed by atoms with Crippen molar-refractivity contribution in [2.75, 3.05) is 13.1 Å². The Hall–Kier alpha value is -2.22. The van der Waals surface area contributed by atoms with Gasteiger partial charge in [-0.25, -0.2) is 0 Å². The van der Waals surface area contributed by atoms with Gasteiger partial charge in [-0.1, -0.05) is 6.42 Å². The highest BCUT2D eigenvalue weighted by Crippen LogP contribution is 2.31. The first-order valence-corrected chi connectivity index (χ1v) is 5.93. The number of benzene rings is 1. The second-order valence-electron chi connectivity index (χ2n) is 4.25. The summed E-state index contributed by atoms with van der Waals surface area (Å²) in [6.07, 6.45) is 3.06. The molecule has 0 bridgehead atoms. The standard InChI is InChI=1S/C11H13N3O5/c15-13(16)9-4-5-11(10(8-9)14(17)18)19-12-6-2-1-3-7-12/h4-5,8H,1-3,6-7H2. The fraction of sp³-hybridized carbons (Fsp3) is 0.455. The first kappa shape index (κ1) is 13.2. The van der Waals surface area contributed by atoms with E-state index in [1.54, 1.807) is 5.06 Å². The van der Waals surface area contributed by atoms with Crippen LogP contribution in [0.25, 0.3) is 0 Å². The summed E-state index contributed by atoms with van der Waals surface area (Å²) in [6.45, 7) is 1.41. The third-order valence-corrected chi connectivity index (χ3v) is 2.89. The van der Waals surface area contributed by atoms with Gasteiger partial charge in [-0.15, -0.1) is 5.06 Å². The average Bonchev–Trinajstić information content (AvgIpc) is 2.39. The highest BCUT2D eigenvalue weighted by atomic mass is 16.7. The van der Waals surface area contributed by atoms with E-state index in [1.165, 1.54) is 12.1 Å². The second kappa shape index (κ2) is 5.61. The third kappa shape index (κ3) is 3.16. The van der Waals surface area contributed by atoms with E-state index in [0.29, 0.717) is 13.1 Å². The summed E-state index contributed by atoms with van der Waals surface area (Å²) in [5.41, 5.74) is -0.711. The summed E-state index contributed by atoms with van der Waals surface area (Å²) in [4.78, 5) is 25.6. The number of piperidine rings is 1. The summed E-state index contributed by atoms with van der Waals surface area (Å²) >= 11 is 0. The lowest BCUT2D eigenvalue weighted by Gasteiger charge is -2.25. The molecule has 1 aliphatic heterocycles. The van der Waals surface area contributed by atoms with Crippen molar-refractivity contribution in [3.05, 3.63) is 38.4 Å². The number of nitro benzene ring substituents is 2. The van der Waals surface area contributed by atoms with Crippen LogP contribution in [-0.4, -0.2) is 28.0 Å². The van der Waals surface area contributed by atoms with Crippen LogP contribution in [0.15, 0.2) is 18.2 Å². The number of non-ortho nitro benzene ring substituents is 1. The first-order valence-electron chi connectivity index (χ1n) is 5.93. The Balaban J connectivity index is 2.23. The zero-order valence-electron chi connectivity index (χ0n) is 10.2. The van der Waals surface area contributed by atoms with Crippen molar-refractivity contribution in [3.8, 4) is 5.75 Å². The van der Waals surface area contributed by atoms with E-state index in [0.717, 1.165) is 25.3 Å². The van der Waals surface area contributed by atoms with Gasteiger partial charge in [0.2, 0.25) is 5.75 Å². The molecule has 2 rings (SSSR count). The van der Waals surface area contributed by atoms with E-state index in [-0.39, 0.29) is 17.1 Å². The van der Waals surface area contributed by atoms with Crippen LogP contribution in [0.1, 0.15) is 19.3 Å². The monoisotopic (exact) mass is 267 g/mol. The molecule has 0 radical (unpaired) electrons. The molecule has 0 spiro atoms. The van der Waals surface area contributed by atoms with Gasteiger partial charge in [0, 0.05) is 19.2 Å². The van der Waals surface area contributed by atoms with Gasteiger partial charge < -0.3 is 4.84 Å². The minimum absolute atomic E-state index is 0.0394. The molecule has 1 aromatic rings. The van der Waals surface area contributed by atoms with Crippen LogP contribution in [0, 0.1) is 20.2 Å². The van der Waals surface area contributed by atoms with Gasteiger partial charge in [0.1, 0.15) is 0 Å². The minimum Gasteiger partial charge on any atom is -0.399 e. The Morgan fingerprint density at radius 3 is 2.32 bits per heavy atom. The maximum absolute atomic E-state index is 10.9. The first-order chi connectivity index (χ1) is 9.08. The van der Waals surface area contributed by atoms with E-state index >= 15 is 0 Å². The van der Waals surface area contributed by atoms with E-state index in [1.807, 2.05) is 0 Å². The normalized spacial score (nSPS) is 16.0. The molecule has 0 amide bonds. The minimum atomic E-state index is -0.674. The molecule has 1 heterocycles. The third-order valence-electron chi connectivity index (χ3n) is 2.89. The fourth-order valence-electron chi connectivity index (χ4n) is 1.93. The lowest BCUT2D eigenvalue weighted by atomic mass is 10.2. The van der Waals surface area contributed by atoms with E-state index in [9.17, 15) is 20.2 Å². The molecule has 102 valence electrons. The maximum atomic E-state index is 10.9. The van der Waals surface area contributed by atoms with Crippen LogP contribution >= 0.6 is 0 Å². The van der Waals surface area contributed by atoms with Crippen molar-refractivity contribution in [1.82, 2.24) is 5.06 Å². The lowest BCUT2D eigenvalue weighted by Crippen LogP contribution is -2.33. The molecule has 19 heavy (non-hydrogen) atoms. The van der Waals surface area contributed by atoms with Crippen molar-refractivity contribution in [2.24, 2.45) is 0 Å². The summed E-state index contributed by atoms with van der Waals surface area (Å²) in [5.74, 6) is 0.0394. The van der Waals surface area contributed by atoms with Gasteiger partial charge in [-0.05, 0) is 18.9 Å². The highest BCUT2D eigenvalue weighted by Gasteiger charge is 2.23. The molecule has 0 atom stereocenters. The van der Waals surface area contributed by atoms with Gasteiger partial charge in [0.15, 0.2) is 0 Å². The molecule has 1 aromatic carbocycles. The molecular weight excluding hydrogens is 254 g/mol. The lowest BCUT2D eigenvalue weighted by molar-refractivity contribution is -0.395. The second-order valence-corrected chi connectivity index (χ2v) is 4.25. The Bertz CT molecular complexity index is 499. The number of nitro groups is 2. The number of hydroxylamine groups is 2. The van der Waals surface area contributed by atoms with Crippen LogP contribution < -0.4 is 4.84 Å². The summed E-state index contributed by atoms with van der Waals surface area (Å²) < 4.78 is 0. The van der Waals surface area contributed by atoms with Crippen LogP contribution in [0.5, 0.6) is 5.75 Å². The van der Waals surface area contributed by atoms with Crippen LogP contribution in [0.4, 0.5) is 11.4 Å². The van der Waals surface area contributed by atoms with Crippen molar-refractivity contribution in [1.29, 1.82) is 0 Å². The van der Waals surface area contributed by atoms with Gasteiger partial charge in [0.05, 0.1) is 15.9 Å². The van der Waals surface area contributed by atoms with Crippen LogP contribution in [0.3, 0.4) is 0 Å². The van der Waals surface area contributed by atoms with Gasteiger partial charge >= 0.3 is 5.69 Å². The van der Waals surface area contributed by atoms with E-state index in [4.69, 9.17) is 4.84 Å². The molecular formula is C11H13N3O5. The fourth-order valence-corrected chi connectivity index (χ4v) is 1.93. The van der Waals surface area contributed by atoms with Crippen molar-refractivity contribution in [2.45, 2.75) is 19.3 Å². The van der Waals surface area contributed by atoms with Crippen molar-refractivity contribution >= 4 is 11.4 Å². The molecule has 0 N–H and O–H groups in total. The predicted molar refractivity (Wildman–Crippen MR) is 65.8 cm³/mol. The van der Waals surface area contributed by atoms with Gasteiger partial charge in [-0.3, -0.25) is 20.2 Å². The van der Waals surface area contributed by atoms with Gasteiger partial charge in [-0.2, -0.15) is 0 Å². The SMILES string of the molecule is O=[N+]([O-])c1ccc(ON2CCCCC2)c([N+](=O)[O-])c1. The Labute approximate surface area is 108 Å². The molecule has 0 saturated carbocycles. The molecule has 8 heteroatoms. The molecule has 1 saturated heterocycles. The maximum Gasteiger partial charge on any atom is 0.320 e. The quantitative estimate of drug-likeness (QED) is 0.613. The molecule has 1 fully saturated rings. The van der Waals surface area contributed by atoms with E-state index in [2.05, 4.69) is 0 Å². The molecule has 0 aliphatic carbocycles. The summed E-state index contributed by atoms with van der Waals surface area (Å²) in [6, 6.07) is 3.39. The number of hydrogen-bond acceptors (Lipinski definition) is 6. The number of hydrogen-bond donors (Lipinski definition) is 0. The summed E-state index contributed by atoms with van der Waals surface area (Å²) in [5, 5.41) is 23.2. The molecule has 1 aliphatic rings. The Morgan fingerprint density at radius 2 is 1.74 bits per heavy atom. The Kier molecular flexibility index (Phi) is 3.91. The predicted octanol–water partition coefficient (Wildman–Crippen LogP) is 2.28. The van der Waals surface area contributed by atoms with Gasteiger partial charge in [0.25, 0.3) is 5.69 Å². The largest absolute Gasteiger partial charge is 0.399 e. The number of nitrogens with zero attached hydrogens (tertiary/aromatic N) is 3. The molecule has 0 unspecified atom stereocenters. The molecule has 8 nitrogen and oxygen atoms in total. The summed E-state index contributed by atoms with van der Waals surface area (Å²) in [7, 11) is 0. The zero-order chi connectivity index (χ0) is 13.8. The van der Waals surface area contributed by atoms with E-state index < -0.39 is 9.85 Å². The average molecular weight is 267 g/mol. The highest BCUT2D eigenvalue weighted by molar-refractivity contribution is 5.53. The topological polar surface area (TPSA) is 98.8 Å². The Morgan fingerprint density at radius 1 is 1.05 bits per heavy atom.